The lowest BCUT2D eigenvalue weighted by atomic mass is 9.98. The summed E-state index contributed by atoms with van der Waals surface area (Å²) in [5.74, 6) is 0.219. The van der Waals surface area contributed by atoms with Crippen LogP contribution in [0.1, 0.15) is 23.2 Å². The van der Waals surface area contributed by atoms with E-state index in [1.165, 1.54) is 10.6 Å². The summed E-state index contributed by atoms with van der Waals surface area (Å²) in [5, 5.41) is 2.89. The fourth-order valence-corrected chi connectivity index (χ4v) is 3.16. The van der Waals surface area contributed by atoms with Crippen molar-refractivity contribution in [3.63, 3.8) is 0 Å². The van der Waals surface area contributed by atoms with Crippen LogP contribution in [0.15, 0.2) is 24.5 Å². The Labute approximate surface area is 119 Å². The van der Waals surface area contributed by atoms with E-state index in [2.05, 4.69) is 10.3 Å². The standard InChI is InChI=1S/C13H19N3O3S/c1-20(18,19)16-8-4-11(5-9-16)10-15-13(17)12-2-6-14-7-3-12/h2-3,6-7,11H,4-5,8-10H2,1H3,(H,15,17). The zero-order valence-electron chi connectivity index (χ0n) is 11.4. The van der Waals surface area contributed by atoms with Crippen molar-refractivity contribution in [1.29, 1.82) is 0 Å². The second kappa shape index (κ2) is 6.32. The maximum absolute atomic E-state index is 11.9. The molecule has 1 aliphatic rings. The van der Waals surface area contributed by atoms with Crippen LogP contribution in [0, 0.1) is 5.92 Å². The van der Waals surface area contributed by atoms with Crippen LogP contribution in [0.5, 0.6) is 0 Å². The largest absolute Gasteiger partial charge is 0.352 e. The van der Waals surface area contributed by atoms with Gasteiger partial charge in [0.05, 0.1) is 6.26 Å². The van der Waals surface area contributed by atoms with Crippen molar-refractivity contribution in [2.75, 3.05) is 25.9 Å². The summed E-state index contributed by atoms with van der Waals surface area (Å²) >= 11 is 0. The van der Waals surface area contributed by atoms with Crippen molar-refractivity contribution in [3.05, 3.63) is 30.1 Å². The molecule has 1 amide bonds. The zero-order valence-corrected chi connectivity index (χ0v) is 12.3. The second-order valence-electron chi connectivity index (χ2n) is 5.05. The minimum atomic E-state index is -3.08. The van der Waals surface area contributed by atoms with Gasteiger partial charge in [-0.3, -0.25) is 9.78 Å². The molecule has 2 heterocycles. The molecule has 0 atom stereocenters. The SMILES string of the molecule is CS(=O)(=O)N1CCC(CNC(=O)c2ccncc2)CC1. The van der Waals surface area contributed by atoms with Crippen LogP contribution in [-0.4, -0.2) is 49.5 Å². The Hall–Kier alpha value is -1.47. The van der Waals surface area contributed by atoms with Crippen molar-refractivity contribution in [3.8, 4) is 0 Å². The fraction of sp³-hybridized carbons (Fsp3) is 0.538. The van der Waals surface area contributed by atoms with Gasteiger partial charge in [-0.25, -0.2) is 12.7 Å². The first-order valence-corrected chi connectivity index (χ1v) is 8.45. The Balaban J connectivity index is 1.78. The van der Waals surface area contributed by atoms with Gasteiger partial charge < -0.3 is 5.32 Å². The van der Waals surface area contributed by atoms with Gasteiger partial charge in [0.2, 0.25) is 10.0 Å². The van der Waals surface area contributed by atoms with E-state index in [0.29, 0.717) is 31.1 Å². The molecule has 20 heavy (non-hydrogen) atoms. The maximum atomic E-state index is 11.9. The highest BCUT2D eigenvalue weighted by molar-refractivity contribution is 7.88. The van der Waals surface area contributed by atoms with E-state index in [9.17, 15) is 13.2 Å². The van der Waals surface area contributed by atoms with Gasteiger partial charge >= 0.3 is 0 Å². The molecule has 6 nitrogen and oxygen atoms in total. The number of aromatic nitrogens is 1. The summed E-state index contributed by atoms with van der Waals surface area (Å²) in [4.78, 5) is 15.7. The molecule has 0 spiro atoms. The Bertz CT molecular complexity index is 551. The third-order valence-corrected chi connectivity index (χ3v) is 4.84. The molecule has 0 bridgehead atoms. The lowest BCUT2D eigenvalue weighted by molar-refractivity contribution is 0.0941. The predicted octanol–water partition coefficient (Wildman–Crippen LogP) is 0.483. The first-order chi connectivity index (χ1) is 9.47. The van der Waals surface area contributed by atoms with E-state index in [4.69, 9.17) is 0 Å². The summed E-state index contributed by atoms with van der Waals surface area (Å²) in [6, 6.07) is 3.34. The van der Waals surface area contributed by atoms with Crippen LogP contribution < -0.4 is 5.32 Å². The van der Waals surface area contributed by atoms with Gasteiger partial charge in [0.25, 0.3) is 5.91 Å². The highest BCUT2D eigenvalue weighted by Gasteiger charge is 2.24. The lowest BCUT2D eigenvalue weighted by Gasteiger charge is -2.30. The lowest BCUT2D eigenvalue weighted by Crippen LogP contribution is -2.41. The number of rotatable bonds is 4. The van der Waals surface area contributed by atoms with E-state index in [0.717, 1.165) is 12.8 Å². The summed E-state index contributed by atoms with van der Waals surface area (Å²) in [7, 11) is -3.08. The molecular weight excluding hydrogens is 278 g/mol. The molecule has 1 saturated heterocycles. The van der Waals surface area contributed by atoms with E-state index in [-0.39, 0.29) is 5.91 Å². The predicted molar refractivity (Wildman–Crippen MR) is 75.7 cm³/mol. The molecule has 0 radical (unpaired) electrons. The average molecular weight is 297 g/mol. The molecule has 1 fully saturated rings. The number of hydrogen-bond donors (Lipinski definition) is 1. The van der Waals surface area contributed by atoms with Gasteiger partial charge in [-0.2, -0.15) is 0 Å². The molecule has 7 heteroatoms. The van der Waals surface area contributed by atoms with Gasteiger partial charge in [-0.05, 0) is 30.9 Å². The Morgan fingerprint density at radius 1 is 1.35 bits per heavy atom. The molecule has 110 valence electrons. The average Bonchev–Trinajstić information content (AvgIpc) is 2.45. The molecule has 1 aromatic heterocycles. The first-order valence-electron chi connectivity index (χ1n) is 6.60. The van der Waals surface area contributed by atoms with Crippen molar-refractivity contribution in [2.45, 2.75) is 12.8 Å². The zero-order chi connectivity index (χ0) is 14.6. The normalized spacial score (nSPS) is 17.9. The Kier molecular flexibility index (Phi) is 4.72. The number of pyridine rings is 1. The van der Waals surface area contributed by atoms with Crippen LogP contribution in [0.4, 0.5) is 0 Å². The smallest absolute Gasteiger partial charge is 0.251 e. The van der Waals surface area contributed by atoms with Crippen LogP contribution in [0.3, 0.4) is 0 Å². The number of hydrogen-bond acceptors (Lipinski definition) is 4. The van der Waals surface area contributed by atoms with Gasteiger partial charge in [0, 0.05) is 37.6 Å². The summed E-state index contributed by atoms with van der Waals surface area (Å²) < 4.78 is 24.3. The summed E-state index contributed by atoms with van der Waals surface area (Å²) in [6.07, 6.45) is 5.96. The van der Waals surface area contributed by atoms with Crippen LogP contribution in [0.25, 0.3) is 0 Å². The van der Waals surface area contributed by atoms with Crippen molar-refractivity contribution in [1.82, 2.24) is 14.6 Å². The minimum Gasteiger partial charge on any atom is -0.352 e. The third-order valence-electron chi connectivity index (χ3n) is 3.54. The number of carbonyl (C=O) groups is 1. The molecule has 2 rings (SSSR count). The van der Waals surface area contributed by atoms with Gasteiger partial charge in [0.15, 0.2) is 0 Å². The quantitative estimate of drug-likeness (QED) is 0.877. The van der Waals surface area contributed by atoms with Gasteiger partial charge in [0.1, 0.15) is 0 Å². The number of piperidine rings is 1. The number of sulfonamides is 1. The number of nitrogens with one attached hydrogen (secondary N) is 1. The highest BCUT2D eigenvalue weighted by Crippen LogP contribution is 2.18. The van der Waals surface area contributed by atoms with E-state index in [1.54, 1.807) is 24.5 Å². The van der Waals surface area contributed by atoms with Crippen LogP contribution in [-0.2, 0) is 10.0 Å². The van der Waals surface area contributed by atoms with Crippen molar-refractivity contribution < 1.29 is 13.2 Å². The highest BCUT2D eigenvalue weighted by atomic mass is 32.2. The van der Waals surface area contributed by atoms with Crippen molar-refractivity contribution in [2.24, 2.45) is 5.92 Å². The molecule has 1 N–H and O–H groups in total. The molecule has 1 aromatic rings. The fourth-order valence-electron chi connectivity index (χ4n) is 2.29. The molecule has 0 unspecified atom stereocenters. The number of nitrogens with zero attached hydrogens (tertiary/aromatic N) is 2. The maximum Gasteiger partial charge on any atom is 0.251 e. The van der Waals surface area contributed by atoms with Gasteiger partial charge in [-0.1, -0.05) is 0 Å². The molecular formula is C13H19N3O3S. The van der Waals surface area contributed by atoms with Gasteiger partial charge in [-0.15, -0.1) is 0 Å². The first kappa shape index (κ1) is 14.9. The van der Waals surface area contributed by atoms with E-state index in [1.807, 2.05) is 0 Å². The van der Waals surface area contributed by atoms with E-state index >= 15 is 0 Å². The Morgan fingerprint density at radius 2 is 1.95 bits per heavy atom. The number of carbonyl (C=O) groups excluding carboxylic acids is 1. The topological polar surface area (TPSA) is 79.4 Å². The van der Waals surface area contributed by atoms with E-state index < -0.39 is 10.0 Å². The molecule has 0 aliphatic carbocycles. The Morgan fingerprint density at radius 3 is 2.50 bits per heavy atom. The molecule has 0 saturated carbocycles. The minimum absolute atomic E-state index is 0.113. The van der Waals surface area contributed by atoms with Crippen LogP contribution in [0.2, 0.25) is 0 Å². The monoisotopic (exact) mass is 297 g/mol. The molecule has 0 aromatic carbocycles. The molecule has 1 aliphatic heterocycles. The van der Waals surface area contributed by atoms with Crippen molar-refractivity contribution >= 4 is 15.9 Å². The summed E-state index contributed by atoms with van der Waals surface area (Å²) in [5.41, 5.74) is 0.591. The second-order valence-corrected chi connectivity index (χ2v) is 7.03. The van der Waals surface area contributed by atoms with Crippen LogP contribution >= 0.6 is 0 Å². The number of amides is 1. The summed E-state index contributed by atoms with van der Waals surface area (Å²) in [6.45, 7) is 1.65. The third kappa shape index (κ3) is 4.01.